The van der Waals surface area contributed by atoms with E-state index < -0.39 is 0 Å². The molecule has 0 amide bonds. The average Bonchev–Trinajstić information content (AvgIpc) is 2.79. The van der Waals surface area contributed by atoms with Gasteiger partial charge >= 0.3 is 0 Å². The Morgan fingerprint density at radius 3 is 2.28 bits per heavy atom. The van der Waals surface area contributed by atoms with Gasteiger partial charge in [0, 0.05) is 6.04 Å². The van der Waals surface area contributed by atoms with Gasteiger partial charge in [-0.3, -0.25) is 0 Å². The lowest BCUT2D eigenvalue weighted by Crippen LogP contribution is -2.41. The number of hydrogen-bond donors (Lipinski definition) is 1. The molecule has 0 bridgehead atoms. The summed E-state index contributed by atoms with van der Waals surface area (Å²) >= 11 is 0. The van der Waals surface area contributed by atoms with Crippen molar-refractivity contribution in [3.05, 3.63) is 0 Å². The fourth-order valence-electron chi connectivity index (χ4n) is 3.19. The number of nitrogens with zero attached hydrogens (tertiary/aromatic N) is 1. The maximum Gasteiger partial charge on any atom is 0.00967 e. The minimum Gasteiger partial charge on any atom is -0.314 e. The maximum absolute atomic E-state index is 3.68. The smallest absolute Gasteiger partial charge is 0.00967 e. The minimum absolute atomic E-state index is 0. The molecule has 1 atom stereocenters. The van der Waals surface area contributed by atoms with Crippen LogP contribution >= 0.6 is 12.4 Å². The third-order valence-corrected chi connectivity index (χ3v) is 4.48. The van der Waals surface area contributed by atoms with Gasteiger partial charge in [-0.2, -0.15) is 0 Å². The number of rotatable bonds is 3. The van der Waals surface area contributed by atoms with Crippen LogP contribution in [0.1, 0.15) is 52.9 Å². The van der Waals surface area contributed by atoms with Crippen molar-refractivity contribution in [2.45, 2.75) is 58.9 Å². The Labute approximate surface area is 119 Å². The van der Waals surface area contributed by atoms with Gasteiger partial charge in [0.2, 0.25) is 0 Å². The van der Waals surface area contributed by atoms with E-state index in [1.54, 1.807) is 0 Å². The van der Waals surface area contributed by atoms with Gasteiger partial charge in [-0.05, 0) is 69.6 Å². The van der Waals surface area contributed by atoms with Crippen LogP contribution in [0.4, 0.5) is 0 Å². The molecular weight excluding hydrogens is 244 g/mol. The first-order valence-electron chi connectivity index (χ1n) is 7.50. The summed E-state index contributed by atoms with van der Waals surface area (Å²) in [4.78, 5) is 2.68. The average molecular weight is 275 g/mol. The zero-order valence-corrected chi connectivity index (χ0v) is 13.2. The van der Waals surface area contributed by atoms with E-state index in [4.69, 9.17) is 0 Å². The molecule has 0 spiro atoms. The van der Waals surface area contributed by atoms with Crippen LogP contribution in [0.5, 0.6) is 0 Å². The van der Waals surface area contributed by atoms with Crippen molar-refractivity contribution >= 4 is 12.4 Å². The predicted molar refractivity (Wildman–Crippen MR) is 81.5 cm³/mol. The zero-order chi connectivity index (χ0) is 12.3. The van der Waals surface area contributed by atoms with E-state index in [0.717, 1.165) is 12.0 Å². The second-order valence-corrected chi connectivity index (χ2v) is 7.19. The standard InChI is InChI=1S/C15H30N2.ClH/c1-15(2,3)8-12-17-10-6-13(7-11-17)14-5-4-9-16-14;/h13-14,16H,4-12H2,1-3H3;1H. The summed E-state index contributed by atoms with van der Waals surface area (Å²) in [5.74, 6) is 0.961. The highest BCUT2D eigenvalue weighted by Gasteiger charge is 2.28. The third-order valence-electron chi connectivity index (χ3n) is 4.48. The lowest BCUT2D eigenvalue weighted by atomic mass is 9.87. The first-order valence-corrected chi connectivity index (χ1v) is 7.50. The molecule has 0 aromatic carbocycles. The summed E-state index contributed by atoms with van der Waals surface area (Å²) < 4.78 is 0. The molecular formula is C15H31ClN2. The predicted octanol–water partition coefficient (Wildman–Crippen LogP) is 3.31. The molecule has 0 saturated carbocycles. The van der Waals surface area contributed by atoms with E-state index in [-0.39, 0.29) is 12.4 Å². The van der Waals surface area contributed by atoms with E-state index in [2.05, 4.69) is 31.0 Å². The highest BCUT2D eigenvalue weighted by molar-refractivity contribution is 5.85. The Morgan fingerprint density at radius 1 is 1.11 bits per heavy atom. The van der Waals surface area contributed by atoms with E-state index in [0.29, 0.717) is 5.41 Å². The normalized spacial score (nSPS) is 27.2. The first kappa shape index (κ1) is 16.3. The van der Waals surface area contributed by atoms with Crippen molar-refractivity contribution in [2.24, 2.45) is 11.3 Å². The molecule has 2 heterocycles. The SMILES string of the molecule is CC(C)(C)CCN1CCC(C2CCCN2)CC1.Cl. The maximum atomic E-state index is 3.68. The number of likely N-dealkylation sites (tertiary alicyclic amines) is 1. The second-order valence-electron chi connectivity index (χ2n) is 7.19. The highest BCUT2D eigenvalue weighted by Crippen LogP contribution is 2.27. The third kappa shape index (κ3) is 5.07. The van der Waals surface area contributed by atoms with Gasteiger partial charge in [0.1, 0.15) is 0 Å². The Bertz CT molecular complexity index is 223. The lowest BCUT2D eigenvalue weighted by Gasteiger charge is -2.36. The van der Waals surface area contributed by atoms with Crippen molar-refractivity contribution in [1.82, 2.24) is 10.2 Å². The second kappa shape index (κ2) is 7.12. The molecule has 1 unspecified atom stereocenters. The zero-order valence-electron chi connectivity index (χ0n) is 12.4. The Balaban J connectivity index is 0.00000162. The quantitative estimate of drug-likeness (QED) is 0.849. The van der Waals surface area contributed by atoms with Crippen LogP contribution in [-0.2, 0) is 0 Å². The number of hydrogen-bond acceptors (Lipinski definition) is 2. The highest BCUT2D eigenvalue weighted by atomic mass is 35.5. The molecule has 2 nitrogen and oxygen atoms in total. The molecule has 0 radical (unpaired) electrons. The van der Waals surface area contributed by atoms with Crippen molar-refractivity contribution in [3.63, 3.8) is 0 Å². The Morgan fingerprint density at radius 2 is 1.78 bits per heavy atom. The Hall–Kier alpha value is 0.210. The van der Waals surface area contributed by atoms with E-state index in [9.17, 15) is 0 Å². The molecule has 1 N–H and O–H groups in total. The van der Waals surface area contributed by atoms with Crippen LogP contribution < -0.4 is 5.32 Å². The molecule has 3 heteroatoms. The van der Waals surface area contributed by atoms with E-state index >= 15 is 0 Å². The number of piperidine rings is 1. The van der Waals surface area contributed by atoms with Gasteiger partial charge in [0.15, 0.2) is 0 Å². The van der Waals surface area contributed by atoms with Gasteiger partial charge < -0.3 is 10.2 Å². The molecule has 0 aromatic heterocycles. The molecule has 0 aliphatic carbocycles. The Kier molecular flexibility index (Phi) is 6.43. The largest absolute Gasteiger partial charge is 0.314 e. The van der Waals surface area contributed by atoms with Crippen LogP contribution in [0.3, 0.4) is 0 Å². The van der Waals surface area contributed by atoms with Crippen LogP contribution in [0.15, 0.2) is 0 Å². The van der Waals surface area contributed by atoms with E-state index in [1.165, 1.54) is 58.3 Å². The molecule has 108 valence electrons. The lowest BCUT2D eigenvalue weighted by molar-refractivity contribution is 0.147. The van der Waals surface area contributed by atoms with Crippen molar-refractivity contribution in [2.75, 3.05) is 26.2 Å². The van der Waals surface area contributed by atoms with Gasteiger partial charge in [0.05, 0.1) is 0 Å². The summed E-state index contributed by atoms with van der Waals surface area (Å²) in [5, 5.41) is 3.68. The summed E-state index contributed by atoms with van der Waals surface area (Å²) in [6, 6.07) is 0.847. The molecule has 2 saturated heterocycles. The summed E-state index contributed by atoms with van der Waals surface area (Å²) in [7, 11) is 0. The van der Waals surface area contributed by atoms with Crippen LogP contribution in [0.25, 0.3) is 0 Å². The van der Waals surface area contributed by atoms with E-state index in [1.807, 2.05) is 0 Å². The van der Waals surface area contributed by atoms with Crippen LogP contribution in [0, 0.1) is 11.3 Å². The van der Waals surface area contributed by atoms with Crippen molar-refractivity contribution < 1.29 is 0 Å². The van der Waals surface area contributed by atoms with Gasteiger partial charge in [-0.1, -0.05) is 20.8 Å². The molecule has 2 rings (SSSR count). The van der Waals surface area contributed by atoms with Crippen LogP contribution in [0.2, 0.25) is 0 Å². The van der Waals surface area contributed by atoms with Crippen molar-refractivity contribution in [1.29, 1.82) is 0 Å². The minimum atomic E-state index is 0. The van der Waals surface area contributed by atoms with Gasteiger partial charge in [-0.25, -0.2) is 0 Å². The van der Waals surface area contributed by atoms with Crippen LogP contribution in [-0.4, -0.2) is 37.1 Å². The molecule has 2 fully saturated rings. The molecule has 2 aliphatic rings. The van der Waals surface area contributed by atoms with Gasteiger partial charge in [0.25, 0.3) is 0 Å². The molecule has 18 heavy (non-hydrogen) atoms. The summed E-state index contributed by atoms with van der Waals surface area (Å²) in [6.07, 6.45) is 6.99. The summed E-state index contributed by atoms with van der Waals surface area (Å²) in [6.45, 7) is 12.3. The topological polar surface area (TPSA) is 15.3 Å². The van der Waals surface area contributed by atoms with Gasteiger partial charge in [-0.15, -0.1) is 12.4 Å². The summed E-state index contributed by atoms with van der Waals surface area (Å²) in [5.41, 5.74) is 0.490. The van der Waals surface area contributed by atoms with Crippen molar-refractivity contribution in [3.8, 4) is 0 Å². The first-order chi connectivity index (χ1) is 8.04. The number of halogens is 1. The molecule has 2 aliphatic heterocycles. The fourth-order valence-corrected chi connectivity index (χ4v) is 3.19. The fraction of sp³-hybridized carbons (Fsp3) is 1.00. The molecule has 0 aromatic rings. The monoisotopic (exact) mass is 274 g/mol. The number of nitrogens with one attached hydrogen (secondary N) is 1.